The SMILES string of the molecule is COCCCN1C(=O)c2ccc(C(=O)OCc3ccc(C(C)(C)C)cc3)cc2C1=O. The summed E-state index contributed by atoms with van der Waals surface area (Å²) >= 11 is 0. The van der Waals surface area contributed by atoms with Crippen LogP contribution in [0.1, 0.15) is 69.4 Å². The number of fused-ring (bicyclic) bond motifs is 1. The lowest BCUT2D eigenvalue weighted by molar-refractivity contribution is 0.0472. The summed E-state index contributed by atoms with van der Waals surface area (Å²) in [7, 11) is 1.57. The topological polar surface area (TPSA) is 72.9 Å². The molecule has 0 saturated heterocycles. The van der Waals surface area contributed by atoms with Crippen molar-refractivity contribution in [2.75, 3.05) is 20.3 Å². The Morgan fingerprint density at radius 1 is 0.967 bits per heavy atom. The number of carbonyl (C=O) groups excluding carboxylic acids is 3. The van der Waals surface area contributed by atoms with Crippen LogP contribution in [0.4, 0.5) is 0 Å². The maximum Gasteiger partial charge on any atom is 0.338 e. The van der Waals surface area contributed by atoms with Gasteiger partial charge in [-0.25, -0.2) is 4.79 Å². The maximum atomic E-state index is 12.6. The van der Waals surface area contributed by atoms with E-state index in [1.807, 2.05) is 24.3 Å². The van der Waals surface area contributed by atoms with Gasteiger partial charge in [-0.1, -0.05) is 45.0 Å². The molecule has 6 nitrogen and oxygen atoms in total. The molecular formula is C24H27NO5. The number of rotatable bonds is 7. The molecule has 0 radical (unpaired) electrons. The zero-order valence-electron chi connectivity index (χ0n) is 17.9. The third-order valence-electron chi connectivity index (χ3n) is 5.13. The molecule has 0 bridgehead atoms. The summed E-state index contributed by atoms with van der Waals surface area (Å²) in [6.45, 7) is 7.30. The van der Waals surface area contributed by atoms with Crippen LogP contribution in [0, 0.1) is 0 Å². The van der Waals surface area contributed by atoms with Crippen LogP contribution in [-0.4, -0.2) is 42.9 Å². The second-order valence-corrected chi connectivity index (χ2v) is 8.39. The Morgan fingerprint density at radius 3 is 2.27 bits per heavy atom. The molecule has 1 heterocycles. The van der Waals surface area contributed by atoms with E-state index in [2.05, 4.69) is 20.8 Å². The Bertz CT molecular complexity index is 957. The standard InChI is InChI=1S/C24H27NO5/c1-24(2,3)18-9-6-16(7-10-18)15-30-23(28)17-8-11-19-20(14-17)22(27)25(21(19)26)12-5-13-29-4/h6-11,14H,5,12-13,15H2,1-4H3. The van der Waals surface area contributed by atoms with Gasteiger partial charge in [0.15, 0.2) is 0 Å². The second kappa shape index (κ2) is 8.79. The van der Waals surface area contributed by atoms with Crippen LogP contribution < -0.4 is 0 Å². The van der Waals surface area contributed by atoms with Crippen LogP contribution in [-0.2, 0) is 21.5 Å². The van der Waals surface area contributed by atoms with E-state index >= 15 is 0 Å². The molecule has 1 aliphatic rings. The number of ether oxygens (including phenoxy) is 2. The Labute approximate surface area is 176 Å². The fourth-order valence-electron chi connectivity index (χ4n) is 3.32. The Hall–Kier alpha value is -2.99. The Kier molecular flexibility index (Phi) is 6.37. The van der Waals surface area contributed by atoms with E-state index in [4.69, 9.17) is 9.47 Å². The van der Waals surface area contributed by atoms with Gasteiger partial charge in [0.25, 0.3) is 11.8 Å². The zero-order valence-corrected chi connectivity index (χ0v) is 17.9. The number of methoxy groups -OCH3 is 1. The number of benzene rings is 2. The lowest BCUT2D eigenvalue weighted by Crippen LogP contribution is -2.31. The number of carbonyl (C=O) groups is 3. The van der Waals surface area contributed by atoms with Crippen molar-refractivity contribution in [3.8, 4) is 0 Å². The van der Waals surface area contributed by atoms with E-state index in [-0.39, 0.29) is 35.6 Å². The van der Waals surface area contributed by atoms with Crippen molar-refractivity contribution in [2.24, 2.45) is 0 Å². The molecule has 30 heavy (non-hydrogen) atoms. The highest BCUT2D eigenvalue weighted by atomic mass is 16.5. The molecule has 0 saturated carbocycles. The number of nitrogens with zero attached hydrogens (tertiary/aromatic N) is 1. The highest BCUT2D eigenvalue weighted by Gasteiger charge is 2.35. The zero-order chi connectivity index (χ0) is 21.9. The van der Waals surface area contributed by atoms with Crippen LogP contribution in [0.5, 0.6) is 0 Å². The van der Waals surface area contributed by atoms with Gasteiger partial charge in [0.1, 0.15) is 6.61 Å². The molecular weight excluding hydrogens is 382 g/mol. The Morgan fingerprint density at radius 2 is 1.63 bits per heavy atom. The first kappa shape index (κ1) is 21.7. The van der Waals surface area contributed by atoms with E-state index < -0.39 is 11.9 Å². The highest BCUT2D eigenvalue weighted by molar-refractivity contribution is 6.21. The van der Waals surface area contributed by atoms with Crippen molar-refractivity contribution in [3.05, 3.63) is 70.3 Å². The summed E-state index contributed by atoms with van der Waals surface area (Å²) in [6, 6.07) is 12.4. The van der Waals surface area contributed by atoms with Gasteiger partial charge in [0.2, 0.25) is 0 Å². The van der Waals surface area contributed by atoms with Crippen molar-refractivity contribution in [2.45, 2.75) is 39.2 Å². The molecule has 0 spiro atoms. The molecule has 3 rings (SSSR count). The van der Waals surface area contributed by atoms with Gasteiger partial charge in [-0.2, -0.15) is 0 Å². The van der Waals surface area contributed by atoms with Crippen LogP contribution in [0.25, 0.3) is 0 Å². The average molecular weight is 409 g/mol. The molecule has 2 aromatic rings. The molecule has 0 N–H and O–H groups in total. The van der Waals surface area contributed by atoms with E-state index in [1.165, 1.54) is 28.7 Å². The van der Waals surface area contributed by atoms with Gasteiger partial charge in [-0.05, 0) is 41.2 Å². The number of imide groups is 1. The molecule has 158 valence electrons. The number of hydrogen-bond acceptors (Lipinski definition) is 5. The molecule has 2 amide bonds. The first-order valence-corrected chi connectivity index (χ1v) is 9.98. The molecule has 6 heteroatoms. The summed E-state index contributed by atoms with van der Waals surface area (Å²) in [5, 5.41) is 0. The monoisotopic (exact) mass is 409 g/mol. The van der Waals surface area contributed by atoms with E-state index in [1.54, 1.807) is 7.11 Å². The first-order valence-electron chi connectivity index (χ1n) is 9.98. The normalized spacial score (nSPS) is 13.5. The van der Waals surface area contributed by atoms with Crippen LogP contribution in [0.15, 0.2) is 42.5 Å². The lowest BCUT2D eigenvalue weighted by Gasteiger charge is -2.19. The minimum absolute atomic E-state index is 0.0566. The first-order chi connectivity index (χ1) is 14.2. The van der Waals surface area contributed by atoms with Gasteiger partial charge >= 0.3 is 5.97 Å². The smallest absolute Gasteiger partial charge is 0.338 e. The summed E-state index contributed by atoms with van der Waals surface area (Å²) in [6.07, 6.45) is 0.560. The molecule has 0 fully saturated rings. The summed E-state index contributed by atoms with van der Waals surface area (Å²) in [5.74, 6) is -1.26. The Balaban J connectivity index is 1.66. The third-order valence-corrected chi connectivity index (χ3v) is 5.13. The summed E-state index contributed by atoms with van der Waals surface area (Å²) < 4.78 is 10.4. The van der Waals surface area contributed by atoms with E-state index in [0.717, 1.165) is 5.56 Å². The van der Waals surface area contributed by atoms with Crippen molar-refractivity contribution in [1.82, 2.24) is 4.90 Å². The van der Waals surface area contributed by atoms with Crippen molar-refractivity contribution < 1.29 is 23.9 Å². The fraction of sp³-hybridized carbons (Fsp3) is 0.375. The van der Waals surface area contributed by atoms with Crippen LogP contribution >= 0.6 is 0 Å². The quantitative estimate of drug-likeness (QED) is 0.393. The highest BCUT2D eigenvalue weighted by Crippen LogP contribution is 2.25. The predicted octanol–water partition coefficient (Wildman–Crippen LogP) is 3.97. The number of hydrogen-bond donors (Lipinski definition) is 0. The fourth-order valence-corrected chi connectivity index (χ4v) is 3.32. The van der Waals surface area contributed by atoms with Crippen LogP contribution in [0.3, 0.4) is 0 Å². The lowest BCUT2D eigenvalue weighted by atomic mass is 9.87. The average Bonchev–Trinajstić information content (AvgIpc) is 2.96. The second-order valence-electron chi connectivity index (χ2n) is 8.39. The largest absolute Gasteiger partial charge is 0.457 e. The molecule has 2 aromatic carbocycles. The van der Waals surface area contributed by atoms with Crippen molar-refractivity contribution >= 4 is 17.8 Å². The van der Waals surface area contributed by atoms with Crippen LogP contribution in [0.2, 0.25) is 0 Å². The minimum atomic E-state index is -0.532. The molecule has 0 unspecified atom stereocenters. The van der Waals surface area contributed by atoms with Gasteiger partial charge in [-0.15, -0.1) is 0 Å². The van der Waals surface area contributed by atoms with Gasteiger partial charge in [-0.3, -0.25) is 14.5 Å². The molecule has 0 atom stereocenters. The van der Waals surface area contributed by atoms with Gasteiger partial charge in [0.05, 0.1) is 16.7 Å². The van der Waals surface area contributed by atoms with Crippen molar-refractivity contribution in [3.63, 3.8) is 0 Å². The van der Waals surface area contributed by atoms with Gasteiger partial charge in [0, 0.05) is 20.3 Å². The molecule has 1 aliphatic heterocycles. The maximum absolute atomic E-state index is 12.6. The number of esters is 1. The van der Waals surface area contributed by atoms with Crippen molar-refractivity contribution in [1.29, 1.82) is 0 Å². The summed E-state index contributed by atoms with van der Waals surface area (Å²) in [4.78, 5) is 38.7. The predicted molar refractivity (Wildman–Crippen MR) is 113 cm³/mol. The third kappa shape index (κ3) is 4.60. The summed E-state index contributed by atoms with van der Waals surface area (Å²) in [5.41, 5.74) is 2.94. The molecule has 0 aromatic heterocycles. The van der Waals surface area contributed by atoms with E-state index in [9.17, 15) is 14.4 Å². The minimum Gasteiger partial charge on any atom is -0.457 e. The van der Waals surface area contributed by atoms with Gasteiger partial charge < -0.3 is 9.47 Å². The molecule has 0 aliphatic carbocycles. The number of amides is 2. The van der Waals surface area contributed by atoms with E-state index in [0.29, 0.717) is 18.6 Å².